The molecule has 0 aliphatic carbocycles. The first-order valence-corrected chi connectivity index (χ1v) is 8.26. The first-order chi connectivity index (χ1) is 11.0. The van der Waals surface area contributed by atoms with Gasteiger partial charge in [-0.1, -0.05) is 41.7 Å². The molecule has 1 amide bonds. The van der Waals surface area contributed by atoms with Crippen LogP contribution in [0, 0.1) is 0 Å². The molecule has 124 valence electrons. The van der Waals surface area contributed by atoms with Crippen LogP contribution in [0.1, 0.15) is 20.3 Å². The second kappa shape index (κ2) is 7.90. The fourth-order valence-electron chi connectivity index (χ4n) is 2.04. The summed E-state index contributed by atoms with van der Waals surface area (Å²) in [6.45, 7) is 5.16. The Morgan fingerprint density at radius 2 is 1.91 bits per heavy atom. The monoisotopic (exact) mass is 375 g/mol. The van der Waals surface area contributed by atoms with E-state index in [1.54, 1.807) is 4.90 Å². The van der Waals surface area contributed by atoms with Gasteiger partial charge in [0.2, 0.25) is 0 Å². The summed E-state index contributed by atoms with van der Waals surface area (Å²) in [6, 6.07) is 2.89. The number of hydrogen-bond donors (Lipinski definition) is 0. The molecule has 1 heterocycles. The molecule has 0 unspecified atom stereocenters. The summed E-state index contributed by atoms with van der Waals surface area (Å²) in [5, 5.41) is 0.877. The van der Waals surface area contributed by atoms with Gasteiger partial charge in [-0.2, -0.15) is 0 Å². The topological polar surface area (TPSA) is 47.4 Å². The Labute approximate surface area is 149 Å². The maximum Gasteiger partial charge on any atom is 0.332 e. The zero-order valence-corrected chi connectivity index (χ0v) is 15.0. The molecule has 0 saturated heterocycles. The van der Waals surface area contributed by atoms with Crippen LogP contribution in [0.4, 0.5) is 4.79 Å². The molecule has 0 N–H and O–H groups in total. The summed E-state index contributed by atoms with van der Waals surface area (Å²) in [6.07, 6.45) is 3.87. The molecule has 0 saturated carbocycles. The van der Waals surface area contributed by atoms with Gasteiger partial charge in [0.1, 0.15) is 0 Å². The number of aromatic nitrogens is 2. The average Bonchev–Trinajstić information content (AvgIpc) is 2.96. The van der Waals surface area contributed by atoms with Crippen molar-refractivity contribution in [3.05, 3.63) is 39.6 Å². The second-order valence-electron chi connectivity index (χ2n) is 4.74. The SMILES string of the molecule is CCCN(CC)C(=O)n1ccnc1Oc1c(Cl)cc(Cl)cc1Cl. The fourth-order valence-corrected chi connectivity index (χ4v) is 2.93. The Hall–Kier alpha value is -1.43. The summed E-state index contributed by atoms with van der Waals surface area (Å²) >= 11 is 18.1. The van der Waals surface area contributed by atoms with Gasteiger partial charge < -0.3 is 9.64 Å². The molecule has 0 aliphatic rings. The summed E-state index contributed by atoms with van der Waals surface area (Å²) in [7, 11) is 0. The minimum Gasteiger partial charge on any atom is -0.422 e. The average molecular weight is 377 g/mol. The van der Waals surface area contributed by atoms with E-state index in [-0.39, 0.29) is 27.8 Å². The molecule has 5 nitrogen and oxygen atoms in total. The smallest absolute Gasteiger partial charge is 0.332 e. The maximum atomic E-state index is 12.5. The Morgan fingerprint density at radius 3 is 2.48 bits per heavy atom. The van der Waals surface area contributed by atoms with Gasteiger partial charge in [0, 0.05) is 30.5 Å². The van der Waals surface area contributed by atoms with Crippen molar-refractivity contribution in [2.24, 2.45) is 0 Å². The highest BCUT2D eigenvalue weighted by atomic mass is 35.5. The number of rotatable bonds is 5. The largest absolute Gasteiger partial charge is 0.422 e. The van der Waals surface area contributed by atoms with Gasteiger partial charge in [0.05, 0.1) is 10.0 Å². The van der Waals surface area contributed by atoms with Crippen molar-refractivity contribution in [1.82, 2.24) is 14.5 Å². The lowest BCUT2D eigenvalue weighted by atomic mass is 10.3. The lowest BCUT2D eigenvalue weighted by molar-refractivity contribution is 0.199. The summed E-state index contributed by atoms with van der Waals surface area (Å²) < 4.78 is 6.96. The van der Waals surface area contributed by atoms with Crippen molar-refractivity contribution in [1.29, 1.82) is 0 Å². The highest BCUT2D eigenvalue weighted by molar-refractivity contribution is 6.40. The number of amides is 1. The molecule has 0 fully saturated rings. The molecule has 1 aromatic carbocycles. The Bertz CT molecular complexity index is 680. The molecule has 2 aromatic rings. The molecule has 0 aliphatic heterocycles. The zero-order chi connectivity index (χ0) is 17.0. The first-order valence-electron chi connectivity index (χ1n) is 7.12. The van der Waals surface area contributed by atoms with Gasteiger partial charge in [-0.15, -0.1) is 0 Å². The molecular weight excluding hydrogens is 361 g/mol. The number of hydrogen-bond acceptors (Lipinski definition) is 3. The van der Waals surface area contributed by atoms with E-state index in [9.17, 15) is 4.79 Å². The van der Waals surface area contributed by atoms with E-state index in [4.69, 9.17) is 39.5 Å². The second-order valence-corrected chi connectivity index (χ2v) is 5.99. The van der Waals surface area contributed by atoms with E-state index in [2.05, 4.69) is 4.98 Å². The Morgan fingerprint density at radius 1 is 1.26 bits per heavy atom. The van der Waals surface area contributed by atoms with Crippen molar-refractivity contribution < 1.29 is 9.53 Å². The van der Waals surface area contributed by atoms with E-state index in [1.165, 1.54) is 29.1 Å². The van der Waals surface area contributed by atoms with E-state index < -0.39 is 0 Å². The first kappa shape index (κ1) is 17.9. The van der Waals surface area contributed by atoms with E-state index in [1.807, 2.05) is 13.8 Å². The normalized spacial score (nSPS) is 10.7. The Kier molecular flexibility index (Phi) is 6.16. The number of imidazole rings is 1. The van der Waals surface area contributed by atoms with Crippen LogP contribution in [0.5, 0.6) is 11.8 Å². The molecule has 2 rings (SSSR count). The standard InChI is InChI=1S/C15H16Cl3N3O2/c1-3-6-20(4-2)15(22)21-7-5-19-14(21)23-13-11(17)8-10(16)9-12(13)18/h5,7-9H,3-4,6H2,1-2H3. The van der Waals surface area contributed by atoms with Gasteiger partial charge in [-0.05, 0) is 25.5 Å². The molecular formula is C15H16Cl3N3O2. The number of nitrogens with zero attached hydrogens (tertiary/aromatic N) is 3. The predicted octanol–water partition coefficient (Wildman–Crippen LogP) is 5.34. The molecule has 0 atom stereocenters. The molecule has 8 heteroatoms. The summed E-state index contributed by atoms with van der Waals surface area (Å²) in [5.41, 5.74) is 0. The number of halogens is 3. The lowest BCUT2D eigenvalue weighted by Gasteiger charge is -2.21. The lowest BCUT2D eigenvalue weighted by Crippen LogP contribution is -2.34. The highest BCUT2D eigenvalue weighted by Crippen LogP contribution is 2.38. The van der Waals surface area contributed by atoms with E-state index in [0.717, 1.165) is 6.42 Å². The van der Waals surface area contributed by atoms with Crippen molar-refractivity contribution in [2.75, 3.05) is 13.1 Å². The molecule has 1 aromatic heterocycles. The molecule has 23 heavy (non-hydrogen) atoms. The molecule has 0 radical (unpaired) electrons. The number of ether oxygens (including phenoxy) is 1. The van der Waals surface area contributed by atoms with Crippen molar-refractivity contribution in [2.45, 2.75) is 20.3 Å². The minimum atomic E-state index is -0.219. The van der Waals surface area contributed by atoms with Gasteiger partial charge in [-0.3, -0.25) is 0 Å². The minimum absolute atomic E-state index is 0.0932. The van der Waals surface area contributed by atoms with E-state index >= 15 is 0 Å². The van der Waals surface area contributed by atoms with Crippen LogP contribution in [0.15, 0.2) is 24.5 Å². The third kappa shape index (κ3) is 4.10. The van der Waals surface area contributed by atoms with Crippen LogP contribution in [-0.2, 0) is 0 Å². The van der Waals surface area contributed by atoms with Gasteiger partial charge in [0.25, 0.3) is 0 Å². The van der Waals surface area contributed by atoms with Crippen molar-refractivity contribution in [3.63, 3.8) is 0 Å². The predicted molar refractivity (Wildman–Crippen MR) is 92.1 cm³/mol. The van der Waals surface area contributed by atoms with Crippen LogP contribution < -0.4 is 4.74 Å². The quantitative estimate of drug-likeness (QED) is 0.708. The van der Waals surface area contributed by atoms with Gasteiger partial charge >= 0.3 is 12.0 Å². The summed E-state index contributed by atoms with van der Waals surface area (Å²) in [4.78, 5) is 18.3. The summed E-state index contributed by atoms with van der Waals surface area (Å²) in [5.74, 6) is 0.205. The third-order valence-corrected chi connectivity index (χ3v) is 3.89. The van der Waals surface area contributed by atoms with Gasteiger partial charge in [-0.25, -0.2) is 14.3 Å². The van der Waals surface area contributed by atoms with Crippen LogP contribution in [0.25, 0.3) is 0 Å². The number of benzene rings is 1. The van der Waals surface area contributed by atoms with Crippen LogP contribution in [-0.4, -0.2) is 33.6 Å². The van der Waals surface area contributed by atoms with Crippen LogP contribution in [0.2, 0.25) is 15.1 Å². The third-order valence-electron chi connectivity index (χ3n) is 3.12. The van der Waals surface area contributed by atoms with E-state index in [0.29, 0.717) is 18.1 Å². The fraction of sp³-hybridized carbons (Fsp3) is 0.333. The molecule has 0 bridgehead atoms. The highest BCUT2D eigenvalue weighted by Gasteiger charge is 2.20. The number of carbonyl (C=O) groups excluding carboxylic acids is 1. The van der Waals surface area contributed by atoms with Crippen LogP contribution >= 0.6 is 34.8 Å². The zero-order valence-electron chi connectivity index (χ0n) is 12.7. The van der Waals surface area contributed by atoms with Crippen molar-refractivity contribution in [3.8, 4) is 11.8 Å². The maximum absolute atomic E-state index is 12.5. The number of carbonyl (C=O) groups is 1. The molecule has 0 spiro atoms. The van der Waals surface area contributed by atoms with Crippen molar-refractivity contribution >= 4 is 40.8 Å². The Balaban J connectivity index is 2.30. The van der Waals surface area contributed by atoms with Crippen LogP contribution in [0.3, 0.4) is 0 Å². The van der Waals surface area contributed by atoms with Gasteiger partial charge in [0.15, 0.2) is 5.75 Å².